The van der Waals surface area contributed by atoms with Crippen molar-refractivity contribution in [3.63, 3.8) is 0 Å². The Hall–Kier alpha value is -1.80. The van der Waals surface area contributed by atoms with Crippen LogP contribution in [-0.2, 0) is 6.42 Å². The highest BCUT2D eigenvalue weighted by Gasteiger charge is 2.21. The summed E-state index contributed by atoms with van der Waals surface area (Å²) >= 11 is 0. The summed E-state index contributed by atoms with van der Waals surface area (Å²) in [6, 6.07) is 10.5. The number of nitrogens with one attached hydrogen (secondary N) is 1. The Morgan fingerprint density at radius 3 is 2.52 bits per heavy atom. The van der Waals surface area contributed by atoms with Gasteiger partial charge in [0.05, 0.1) is 11.2 Å². The summed E-state index contributed by atoms with van der Waals surface area (Å²) in [6.07, 6.45) is 7.45. The predicted molar refractivity (Wildman–Crippen MR) is 99.3 cm³/mol. The number of hydrogen-bond donors (Lipinski definition) is 1. The first-order chi connectivity index (χ1) is 10.7. The number of H-pyrrole nitrogens is 1. The van der Waals surface area contributed by atoms with Gasteiger partial charge < -0.3 is 4.98 Å². The largest absolute Gasteiger partial charge is 0.357 e. The van der Waals surface area contributed by atoms with E-state index in [1.807, 2.05) is 0 Å². The van der Waals surface area contributed by atoms with E-state index in [-0.39, 0.29) is 12.4 Å². The van der Waals surface area contributed by atoms with Crippen molar-refractivity contribution in [1.29, 1.82) is 0 Å². The van der Waals surface area contributed by atoms with Crippen LogP contribution >= 0.6 is 12.4 Å². The summed E-state index contributed by atoms with van der Waals surface area (Å²) in [5.74, 6) is 0.863. The third-order valence-corrected chi connectivity index (χ3v) is 5.19. The number of aromatic nitrogens is 2. The van der Waals surface area contributed by atoms with Gasteiger partial charge in [-0.25, -0.2) is 0 Å². The molecule has 2 heterocycles. The third kappa shape index (κ3) is 2.76. The highest BCUT2D eigenvalue weighted by molar-refractivity contribution is 5.96. The minimum absolute atomic E-state index is 0. The molecule has 3 heteroatoms. The fraction of sp³-hybridized carbons (Fsp3) is 0.350. The first-order valence-electron chi connectivity index (χ1n) is 8.26. The molecule has 0 amide bonds. The Morgan fingerprint density at radius 2 is 1.87 bits per heavy atom. The van der Waals surface area contributed by atoms with Gasteiger partial charge in [0.25, 0.3) is 0 Å². The molecule has 0 atom stereocenters. The SMILES string of the molecule is Cc1[nH]c2c(-c3ccccc3)ncc(CC3CCC3)c2c1C.Cl. The molecule has 1 saturated carbocycles. The Labute approximate surface area is 143 Å². The molecular formula is C20H23ClN2. The van der Waals surface area contributed by atoms with Crippen molar-refractivity contribution in [2.24, 2.45) is 5.92 Å². The minimum atomic E-state index is 0. The Bertz CT molecular complexity index is 817. The molecule has 23 heavy (non-hydrogen) atoms. The zero-order valence-electron chi connectivity index (χ0n) is 13.7. The monoisotopic (exact) mass is 326 g/mol. The lowest BCUT2D eigenvalue weighted by atomic mass is 9.80. The summed E-state index contributed by atoms with van der Waals surface area (Å²) < 4.78 is 0. The second-order valence-corrected chi connectivity index (χ2v) is 6.62. The molecule has 1 fully saturated rings. The van der Waals surface area contributed by atoms with E-state index in [4.69, 9.17) is 4.98 Å². The van der Waals surface area contributed by atoms with Crippen LogP contribution in [0.3, 0.4) is 0 Å². The van der Waals surface area contributed by atoms with Gasteiger partial charge in [0.1, 0.15) is 0 Å². The van der Waals surface area contributed by atoms with Gasteiger partial charge in [0, 0.05) is 22.8 Å². The number of benzene rings is 1. The maximum Gasteiger partial charge on any atom is 0.0943 e. The molecule has 1 aromatic carbocycles. The number of halogens is 1. The average molecular weight is 327 g/mol. The second-order valence-electron chi connectivity index (χ2n) is 6.62. The zero-order chi connectivity index (χ0) is 15.1. The normalized spacial score (nSPS) is 14.5. The van der Waals surface area contributed by atoms with Crippen LogP contribution in [0, 0.1) is 19.8 Å². The second kappa shape index (κ2) is 6.37. The zero-order valence-corrected chi connectivity index (χ0v) is 14.5. The van der Waals surface area contributed by atoms with E-state index in [0.29, 0.717) is 0 Å². The topological polar surface area (TPSA) is 28.7 Å². The van der Waals surface area contributed by atoms with E-state index >= 15 is 0 Å². The lowest BCUT2D eigenvalue weighted by Crippen LogP contribution is -2.14. The summed E-state index contributed by atoms with van der Waals surface area (Å²) in [5.41, 5.74) is 7.52. The first kappa shape index (κ1) is 16.1. The van der Waals surface area contributed by atoms with Crippen LogP contribution in [0.5, 0.6) is 0 Å². The summed E-state index contributed by atoms with van der Waals surface area (Å²) in [6.45, 7) is 4.39. The van der Waals surface area contributed by atoms with Crippen molar-refractivity contribution in [3.8, 4) is 11.3 Å². The van der Waals surface area contributed by atoms with E-state index in [0.717, 1.165) is 11.6 Å². The van der Waals surface area contributed by atoms with Gasteiger partial charge in [-0.15, -0.1) is 12.4 Å². The highest BCUT2D eigenvalue weighted by Crippen LogP contribution is 2.36. The van der Waals surface area contributed by atoms with Crippen LogP contribution in [0.25, 0.3) is 22.2 Å². The average Bonchev–Trinajstić information content (AvgIpc) is 2.80. The smallest absolute Gasteiger partial charge is 0.0943 e. The van der Waals surface area contributed by atoms with E-state index in [1.54, 1.807) is 0 Å². The summed E-state index contributed by atoms with van der Waals surface area (Å²) in [5, 5.41) is 1.40. The Kier molecular flexibility index (Phi) is 4.45. The van der Waals surface area contributed by atoms with E-state index in [1.165, 1.54) is 59.0 Å². The maximum atomic E-state index is 4.81. The maximum absolute atomic E-state index is 4.81. The summed E-state index contributed by atoms with van der Waals surface area (Å²) in [4.78, 5) is 8.39. The van der Waals surface area contributed by atoms with Crippen molar-refractivity contribution in [1.82, 2.24) is 9.97 Å². The van der Waals surface area contributed by atoms with Crippen LogP contribution in [0.2, 0.25) is 0 Å². The van der Waals surface area contributed by atoms with Crippen molar-refractivity contribution < 1.29 is 0 Å². The van der Waals surface area contributed by atoms with E-state index in [2.05, 4.69) is 55.4 Å². The van der Waals surface area contributed by atoms with Gasteiger partial charge in [0.2, 0.25) is 0 Å². The Balaban J connectivity index is 0.00000156. The number of aromatic amines is 1. The molecule has 1 N–H and O–H groups in total. The Morgan fingerprint density at radius 1 is 1.13 bits per heavy atom. The fourth-order valence-electron chi connectivity index (χ4n) is 3.55. The van der Waals surface area contributed by atoms with Crippen molar-refractivity contribution in [3.05, 3.63) is 53.3 Å². The van der Waals surface area contributed by atoms with Crippen LogP contribution in [-0.4, -0.2) is 9.97 Å². The fourth-order valence-corrected chi connectivity index (χ4v) is 3.55. The van der Waals surface area contributed by atoms with Crippen LogP contribution in [0.15, 0.2) is 36.5 Å². The number of pyridine rings is 1. The standard InChI is InChI=1S/C20H22N2.ClH/c1-13-14(2)22-20-18(13)17(11-15-7-6-8-15)12-21-19(20)16-9-4-3-5-10-16;/h3-5,9-10,12,15,22H,6-8,11H2,1-2H3;1H. The molecule has 2 nitrogen and oxygen atoms in total. The number of hydrogen-bond acceptors (Lipinski definition) is 1. The third-order valence-electron chi connectivity index (χ3n) is 5.19. The van der Waals surface area contributed by atoms with Gasteiger partial charge in [-0.3, -0.25) is 4.98 Å². The van der Waals surface area contributed by atoms with Gasteiger partial charge >= 0.3 is 0 Å². The van der Waals surface area contributed by atoms with Crippen molar-refractivity contribution in [2.75, 3.05) is 0 Å². The predicted octanol–water partition coefficient (Wildman–Crippen LogP) is 5.61. The van der Waals surface area contributed by atoms with Crippen LogP contribution < -0.4 is 0 Å². The summed E-state index contributed by atoms with van der Waals surface area (Å²) in [7, 11) is 0. The molecule has 0 spiro atoms. The lowest BCUT2D eigenvalue weighted by molar-refractivity contribution is 0.315. The first-order valence-corrected chi connectivity index (χ1v) is 8.26. The quantitative estimate of drug-likeness (QED) is 0.665. The molecular weight excluding hydrogens is 304 g/mol. The highest BCUT2D eigenvalue weighted by atomic mass is 35.5. The molecule has 0 bridgehead atoms. The van der Waals surface area contributed by atoms with E-state index in [9.17, 15) is 0 Å². The van der Waals surface area contributed by atoms with E-state index < -0.39 is 0 Å². The molecule has 0 unspecified atom stereocenters. The number of fused-ring (bicyclic) bond motifs is 1. The molecule has 0 saturated heterocycles. The molecule has 1 aliphatic carbocycles. The van der Waals surface area contributed by atoms with Gasteiger partial charge in [0.15, 0.2) is 0 Å². The van der Waals surface area contributed by atoms with Gasteiger partial charge in [-0.1, -0.05) is 49.6 Å². The lowest BCUT2D eigenvalue weighted by Gasteiger charge is -2.25. The number of rotatable bonds is 3. The van der Waals surface area contributed by atoms with Crippen molar-refractivity contribution in [2.45, 2.75) is 39.5 Å². The van der Waals surface area contributed by atoms with Gasteiger partial charge in [-0.2, -0.15) is 0 Å². The molecule has 1 aliphatic rings. The number of aryl methyl sites for hydroxylation is 2. The molecule has 120 valence electrons. The minimum Gasteiger partial charge on any atom is -0.357 e. The molecule has 0 radical (unpaired) electrons. The van der Waals surface area contributed by atoms with Crippen LogP contribution in [0.4, 0.5) is 0 Å². The molecule has 3 aromatic rings. The molecule has 4 rings (SSSR count). The molecule has 0 aliphatic heterocycles. The van der Waals surface area contributed by atoms with Crippen molar-refractivity contribution >= 4 is 23.3 Å². The van der Waals surface area contributed by atoms with Gasteiger partial charge in [-0.05, 0) is 37.3 Å². The van der Waals surface area contributed by atoms with Crippen LogP contribution in [0.1, 0.15) is 36.1 Å². The number of nitrogens with zero attached hydrogens (tertiary/aromatic N) is 1. The molecule has 2 aromatic heterocycles.